The van der Waals surface area contributed by atoms with Crippen molar-refractivity contribution in [3.05, 3.63) is 49.6 Å². The van der Waals surface area contributed by atoms with Gasteiger partial charge >= 0.3 is 0 Å². The lowest BCUT2D eigenvalue weighted by Crippen LogP contribution is -2.60. The molecule has 42 heavy (non-hydrogen) atoms. The molecule has 1 spiro atoms. The molecule has 226 valence electrons. The molecule has 4 heterocycles. The molecule has 0 radical (unpaired) electrons. The fourth-order valence-electron chi connectivity index (χ4n) is 7.56. The van der Waals surface area contributed by atoms with E-state index in [0.29, 0.717) is 18.5 Å². The number of aromatic nitrogens is 3. The van der Waals surface area contributed by atoms with Gasteiger partial charge in [-0.05, 0) is 37.3 Å². The summed E-state index contributed by atoms with van der Waals surface area (Å²) in [5.41, 5.74) is -0.705. The van der Waals surface area contributed by atoms with Gasteiger partial charge in [-0.3, -0.25) is 14.4 Å². The van der Waals surface area contributed by atoms with Gasteiger partial charge in [0, 0.05) is 20.1 Å². The molecule has 2 aromatic rings. The highest BCUT2D eigenvalue weighted by molar-refractivity contribution is 5.99. The van der Waals surface area contributed by atoms with Crippen LogP contribution in [-0.4, -0.2) is 103 Å². The number of nitrogens with zero attached hydrogens (tertiary/aromatic N) is 6. The summed E-state index contributed by atoms with van der Waals surface area (Å²) in [5.74, 6) is -2.77. The average molecular weight is 579 g/mol. The number of aliphatic hydroxyl groups is 1. The Labute approximate surface area is 246 Å². The van der Waals surface area contributed by atoms with Crippen molar-refractivity contribution in [1.29, 1.82) is 0 Å². The molecule has 1 N–H and O–H groups in total. The maximum Gasteiger partial charge on any atom is 0.250 e. The van der Waals surface area contributed by atoms with Gasteiger partial charge in [-0.1, -0.05) is 50.3 Å². The topological polar surface area (TPSA) is 121 Å². The first-order valence-corrected chi connectivity index (χ1v) is 14.6. The second-order valence-corrected chi connectivity index (χ2v) is 12.5. The Morgan fingerprint density at radius 1 is 1.21 bits per heavy atom. The van der Waals surface area contributed by atoms with Crippen LogP contribution in [0.4, 0.5) is 0 Å². The predicted molar refractivity (Wildman–Crippen MR) is 157 cm³/mol. The third-order valence-corrected chi connectivity index (χ3v) is 9.73. The quantitative estimate of drug-likeness (QED) is 0.405. The Morgan fingerprint density at radius 3 is 2.55 bits per heavy atom. The maximum absolute atomic E-state index is 14.8. The lowest BCUT2D eigenvalue weighted by Gasteiger charge is -2.40. The van der Waals surface area contributed by atoms with Gasteiger partial charge in [0.15, 0.2) is 0 Å². The molecule has 2 bridgehead atoms. The number of hydrogen-bond donors (Lipinski definition) is 1. The molecule has 3 aliphatic heterocycles. The number of likely N-dealkylation sites (tertiary alicyclic amines) is 1. The van der Waals surface area contributed by atoms with Gasteiger partial charge in [0.2, 0.25) is 17.7 Å². The molecule has 3 saturated heterocycles. The SMILES string of the molecule is C=CCN(C)C(=O)[C@@H]1[C@H]2C(=O)N([C@@H](CO)C(C)C)C(C(=O)N(CC=C)Cn3nnc4ccccc43)C23CC(C)[C@@]1(C)O3. The summed E-state index contributed by atoms with van der Waals surface area (Å²) >= 11 is 0. The molecule has 1 aromatic heterocycles. The van der Waals surface area contributed by atoms with Crippen LogP contribution < -0.4 is 0 Å². The summed E-state index contributed by atoms with van der Waals surface area (Å²) in [6.07, 6.45) is 3.71. The van der Waals surface area contributed by atoms with Gasteiger partial charge in [-0.25, -0.2) is 4.68 Å². The molecule has 3 fully saturated rings. The smallest absolute Gasteiger partial charge is 0.250 e. The minimum Gasteiger partial charge on any atom is -0.394 e. The second-order valence-electron chi connectivity index (χ2n) is 12.5. The summed E-state index contributed by atoms with van der Waals surface area (Å²) in [6, 6.07) is 5.79. The number of rotatable bonds is 11. The fraction of sp³-hybridized carbons (Fsp3) is 0.581. The van der Waals surface area contributed by atoms with Crippen molar-refractivity contribution >= 4 is 28.8 Å². The van der Waals surface area contributed by atoms with Crippen LogP contribution >= 0.6 is 0 Å². The molecule has 7 atom stereocenters. The molecular weight excluding hydrogens is 536 g/mol. The minimum absolute atomic E-state index is 0.0768. The fourth-order valence-corrected chi connectivity index (χ4v) is 7.56. The van der Waals surface area contributed by atoms with Gasteiger partial charge in [0.1, 0.15) is 23.8 Å². The Hall–Kier alpha value is -3.57. The van der Waals surface area contributed by atoms with Gasteiger partial charge in [-0.2, -0.15) is 0 Å². The van der Waals surface area contributed by atoms with Gasteiger partial charge < -0.3 is 24.5 Å². The summed E-state index contributed by atoms with van der Waals surface area (Å²) in [5, 5.41) is 19.0. The van der Waals surface area contributed by atoms with Crippen LogP contribution in [0.5, 0.6) is 0 Å². The number of aliphatic hydroxyl groups excluding tert-OH is 1. The van der Waals surface area contributed by atoms with Crippen molar-refractivity contribution < 1.29 is 24.2 Å². The number of carbonyl (C=O) groups is 3. The first-order chi connectivity index (χ1) is 20.0. The van der Waals surface area contributed by atoms with Crippen LogP contribution in [0.2, 0.25) is 0 Å². The van der Waals surface area contributed by atoms with Crippen LogP contribution in [0, 0.1) is 23.7 Å². The van der Waals surface area contributed by atoms with E-state index in [-0.39, 0.29) is 49.4 Å². The number of amides is 3. The molecule has 1 aromatic carbocycles. The number of hydrogen-bond acceptors (Lipinski definition) is 7. The van der Waals surface area contributed by atoms with E-state index in [4.69, 9.17) is 4.74 Å². The van der Waals surface area contributed by atoms with Gasteiger partial charge in [-0.15, -0.1) is 18.3 Å². The van der Waals surface area contributed by atoms with E-state index in [0.717, 1.165) is 5.52 Å². The number of ether oxygens (including phenoxy) is 1. The Morgan fingerprint density at radius 2 is 1.90 bits per heavy atom. The number of benzene rings is 1. The van der Waals surface area contributed by atoms with Crippen molar-refractivity contribution in [2.24, 2.45) is 23.7 Å². The summed E-state index contributed by atoms with van der Waals surface area (Å²) < 4.78 is 8.51. The van der Waals surface area contributed by atoms with Crippen LogP contribution in [0.25, 0.3) is 11.0 Å². The highest BCUT2D eigenvalue weighted by Gasteiger charge is 2.80. The Bertz CT molecular complexity index is 1410. The molecule has 0 aliphatic carbocycles. The van der Waals surface area contributed by atoms with Gasteiger partial charge in [0.05, 0.1) is 35.6 Å². The van der Waals surface area contributed by atoms with E-state index in [1.165, 1.54) is 4.90 Å². The third-order valence-electron chi connectivity index (χ3n) is 9.73. The molecule has 3 amide bonds. The lowest BCUT2D eigenvalue weighted by molar-refractivity contribution is -0.159. The number of fused-ring (bicyclic) bond motifs is 2. The first kappa shape index (κ1) is 29.9. The summed E-state index contributed by atoms with van der Waals surface area (Å²) in [4.78, 5) is 48.0. The standard InChI is InChI=1S/C31H42N6O5/c1-8-14-34(7)27(39)24-25-28(40)37(23(17-38)19(3)4)26(31(25)16-20(5)30(24,6)42-31)29(41)35(15-9-2)18-36-22-13-11-10-12-21(22)32-33-36/h8-13,19-20,23-26,38H,1-2,14-18H2,3-7H3/t20?,23-,24-,25-,26?,30+,31?/m0/s1. The van der Waals surface area contributed by atoms with Crippen molar-refractivity contribution in [2.45, 2.75) is 64.1 Å². The van der Waals surface area contributed by atoms with Crippen molar-refractivity contribution in [1.82, 2.24) is 29.7 Å². The zero-order valence-electron chi connectivity index (χ0n) is 25.1. The molecule has 5 rings (SSSR count). The maximum atomic E-state index is 14.8. The Balaban J connectivity index is 1.62. The minimum atomic E-state index is -1.23. The van der Waals surface area contributed by atoms with E-state index < -0.39 is 35.1 Å². The first-order valence-electron chi connectivity index (χ1n) is 14.6. The lowest BCUT2D eigenvalue weighted by atomic mass is 9.62. The largest absolute Gasteiger partial charge is 0.394 e. The van der Waals surface area contributed by atoms with Crippen molar-refractivity contribution in [3.8, 4) is 0 Å². The van der Waals surface area contributed by atoms with E-state index in [9.17, 15) is 19.5 Å². The number of carbonyl (C=O) groups excluding carboxylic acids is 3. The molecule has 11 nitrogen and oxygen atoms in total. The molecule has 11 heteroatoms. The molecular formula is C31H42N6O5. The Kier molecular flexibility index (Phi) is 7.78. The molecule has 3 aliphatic rings. The van der Waals surface area contributed by atoms with Crippen LogP contribution in [-0.2, 0) is 25.8 Å². The summed E-state index contributed by atoms with van der Waals surface area (Å²) in [7, 11) is 1.69. The summed E-state index contributed by atoms with van der Waals surface area (Å²) in [6.45, 7) is 15.6. The van der Waals surface area contributed by atoms with E-state index in [1.807, 2.05) is 52.0 Å². The molecule has 3 unspecified atom stereocenters. The van der Waals surface area contributed by atoms with Crippen LogP contribution in [0.3, 0.4) is 0 Å². The monoisotopic (exact) mass is 578 g/mol. The van der Waals surface area contributed by atoms with Crippen LogP contribution in [0.15, 0.2) is 49.6 Å². The third kappa shape index (κ3) is 4.27. The number of likely N-dealkylation sites (N-methyl/N-ethyl adjacent to an activating group) is 1. The average Bonchev–Trinajstić information content (AvgIpc) is 3.62. The molecule has 0 saturated carbocycles. The van der Waals surface area contributed by atoms with Crippen LogP contribution in [0.1, 0.15) is 34.1 Å². The highest BCUT2D eigenvalue weighted by Crippen LogP contribution is 2.66. The van der Waals surface area contributed by atoms with Gasteiger partial charge in [0.25, 0.3) is 0 Å². The van der Waals surface area contributed by atoms with Crippen molar-refractivity contribution in [3.63, 3.8) is 0 Å². The highest BCUT2D eigenvalue weighted by atomic mass is 16.5. The zero-order chi connectivity index (χ0) is 30.6. The van der Waals surface area contributed by atoms with E-state index in [1.54, 1.807) is 33.7 Å². The normalized spacial score (nSPS) is 30.5. The van der Waals surface area contributed by atoms with Crippen molar-refractivity contribution in [2.75, 3.05) is 26.7 Å². The number of para-hydroxylation sites is 1. The van der Waals surface area contributed by atoms with E-state index in [2.05, 4.69) is 23.5 Å². The van der Waals surface area contributed by atoms with E-state index >= 15 is 0 Å². The second kappa shape index (κ2) is 10.9. The predicted octanol–water partition coefficient (Wildman–Crippen LogP) is 2.08. The zero-order valence-corrected chi connectivity index (χ0v) is 25.1.